The van der Waals surface area contributed by atoms with E-state index in [0.717, 1.165) is 43.5 Å². The molecule has 0 aliphatic carbocycles. The van der Waals surface area contributed by atoms with Crippen LogP contribution < -0.4 is 0 Å². The average Bonchev–Trinajstić information content (AvgIpc) is 2.94. The Morgan fingerprint density at radius 1 is 1.20 bits per heavy atom. The Hall–Kier alpha value is -1.72. The summed E-state index contributed by atoms with van der Waals surface area (Å²) >= 11 is 0. The third-order valence-electron chi connectivity index (χ3n) is 3.84. The van der Waals surface area contributed by atoms with Crippen molar-refractivity contribution in [3.63, 3.8) is 0 Å². The maximum absolute atomic E-state index is 5.40. The van der Waals surface area contributed by atoms with Crippen LogP contribution in [-0.2, 0) is 4.74 Å². The topological polar surface area (TPSA) is 54.0 Å². The molecule has 1 N–H and O–H groups in total. The Balaban J connectivity index is 1.75. The van der Waals surface area contributed by atoms with E-state index in [1.807, 2.05) is 6.92 Å². The second-order valence-electron chi connectivity index (χ2n) is 5.19. The predicted octanol–water partition coefficient (Wildman–Crippen LogP) is 2.17. The van der Waals surface area contributed by atoms with Gasteiger partial charge in [0.25, 0.3) is 0 Å². The summed E-state index contributed by atoms with van der Waals surface area (Å²) in [4.78, 5) is 6.81. The van der Waals surface area contributed by atoms with Crippen LogP contribution in [0, 0.1) is 6.92 Å². The van der Waals surface area contributed by atoms with E-state index in [-0.39, 0.29) is 0 Å². The molecule has 2 aromatic rings. The normalized spacial score (nSPS) is 18.1. The van der Waals surface area contributed by atoms with Crippen LogP contribution in [0.15, 0.2) is 24.3 Å². The zero-order chi connectivity index (χ0) is 13.9. The lowest BCUT2D eigenvalue weighted by Crippen LogP contribution is -2.37. The summed E-state index contributed by atoms with van der Waals surface area (Å²) in [6, 6.07) is 8.94. The average molecular weight is 272 g/mol. The minimum absolute atomic E-state index is 0.418. The Labute approximate surface area is 119 Å². The molecule has 0 amide bonds. The van der Waals surface area contributed by atoms with Crippen molar-refractivity contribution >= 4 is 0 Å². The molecule has 1 atom stereocenters. The third-order valence-corrected chi connectivity index (χ3v) is 3.84. The van der Waals surface area contributed by atoms with Gasteiger partial charge in [0.05, 0.1) is 13.2 Å². The molecule has 3 rings (SSSR count). The fraction of sp³-hybridized carbons (Fsp3) is 0.467. The highest BCUT2D eigenvalue weighted by Gasteiger charge is 2.18. The van der Waals surface area contributed by atoms with Gasteiger partial charge in [-0.05, 0) is 19.4 Å². The summed E-state index contributed by atoms with van der Waals surface area (Å²) in [5.41, 5.74) is 2.37. The Kier molecular flexibility index (Phi) is 3.80. The van der Waals surface area contributed by atoms with Gasteiger partial charge in [-0.15, -0.1) is 0 Å². The first-order chi connectivity index (χ1) is 9.74. The van der Waals surface area contributed by atoms with E-state index in [0.29, 0.717) is 6.04 Å². The van der Waals surface area contributed by atoms with Gasteiger partial charge >= 0.3 is 0 Å². The van der Waals surface area contributed by atoms with Gasteiger partial charge in [0.2, 0.25) is 0 Å². The number of hydrogen-bond donors (Lipinski definition) is 1. The number of nitrogens with one attached hydrogen (secondary N) is 1. The van der Waals surface area contributed by atoms with Gasteiger partial charge in [-0.2, -0.15) is 5.10 Å². The summed E-state index contributed by atoms with van der Waals surface area (Å²) < 4.78 is 5.40. The summed E-state index contributed by atoms with van der Waals surface area (Å²) in [5, 5.41) is 7.06. The molecule has 0 saturated carbocycles. The molecule has 0 unspecified atom stereocenters. The first kappa shape index (κ1) is 13.3. The van der Waals surface area contributed by atoms with Crippen molar-refractivity contribution < 1.29 is 4.74 Å². The van der Waals surface area contributed by atoms with Gasteiger partial charge in [0, 0.05) is 24.7 Å². The Morgan fingerprint density at radius 2 is 1.90 bits per heavy atom. The highest BCUT2D eigenvalue weighted by Crippen LogP contribution is 2.23. The molecule has 106 valence electrons. The lowest BCUT2D eigenvalue weighted by Gasteiger charge is -2.32. The van der Waals surface area contributed by atoms with Crippen LogP contribution in [0.2, 0.25) is 0 Å². The van der Waals surface area contributed by atoms with Crippen LogP contribution in [-0.4, -0.2) is 46.4 Å². The number of nitrogens with zero attached hydrogens (tertiary/aromatic N) is 3. The lowest BCUT2D eigenvalue weighted by atomic mass is 10.0. The largest absolute Gasteiger partial charge is 0.379 e. The van der Waals surface area contributed by atoms with Crippen LogP contribution in [0.4, 0.5) is 0 Å². The molecule has 0 radical (unpaired) electrons. The maximum atomic E-state index is 5.40. The zero-order valence-electron chi connectivity index (χ0n) is 12.0. The molecule has 1 aliphatic rings. The van der Waals surface area contributed by atoms with Crippen LogP contribution in [0.25, 0.3) is 11.4 Å². The molecule has 20 heavy (non-hydrogen) atoms. The third kappa shape index (κ3) is 2.73. The maximum Gasteiger partial charge on any atom is 0.181 e. The summed E-state index contributed by atoms with van der Waals surface area (Å²) in [5.74, 6) is 1.60. The number of ether oxygens (including phenoxy) is 1. The number of aromatic amines is 1. The zero-order valence-corrected chi connectivity index (χ0v) is 12.0. The number of aromatic nitrogens is 3. The smallest absolute Gasteiger partial charge is 0.181 e. The van der Waals surface area contributed by atoms with E-state index in [4.69, 9.17) is 4.74 Å². The molecule has 0 bridgehead atoms. The van der Waals surface area contributed by atoms with E-state index in [2.05, 4.69) is 51.3 Å². The van der Waals surface area contributed by atoms with E-state index in [1.165, 1.54) is 5.56 Å². The minimum atomic E-state index is 0.418. The number of H-pyrrole nitrogens is 1. The first-order valence-corrected chi connectivity index (χ1v) is 7.05. The molecule has 1 fully saturated rings. The van der Waals surface area contributed by atoms with E-state index < -0.39 is 0 Å². The number of rotatable bonds is 3. The summed E-state index contributed by atoms with van der Waals surface area (Å²) in [6.07, 6.45) is 0. The van der Waals surface area contributed by atoms with Crippen LogP contribution in [0.1, 0.15) is 24.4 Å². The lowest BCUT2D eigenvalue weighted by molar-refractivity contribution is 0.0198. The molecule has 1 aromatic heterocycles. The number of morpholine rings is 1. The minimum Gasteiger partial charge on any atom is -0.379 e. The first-order valence-electron chi connectivity index (χ1n) is 7.05. The van der Waals surface area contributed by atoms with Gasteiger partial charge in [-0.3, -0.25) is 10.00 Å². The monoisotopic (exact) mass is 272 g/mol. The van der Waals surface area contributed by atoms with Gasteiger partial charge in [-0.1, -0.05) is 24.3 Å². The van der Waals surface area contributed by atoms with Gasteiger partial charge in [-0.25, -0.2) is 4.98 Å². The molecule has 1 saturated heterocycles. The highest BCUT2D eigenvalue weighted by atomic mass is 16.5. The van der Waals surface area contributed by atoms with Gasteiger partial charge < -0.3 is 4.74 Å². The van der Waals surface area contributed by atoms with Crippen LogP contribution >= 0.6 is 0 Å². The standard InChI is InChI=1S/C15H20N4O/c1-11(19-7-9-20-10-8-19)13-3-5-14(6-4-13)15-16-12(2)17-18-15/h3-6,11H,7-10H2,1-2H3,(H,16,17,18)/t11-/m1/s1. The molecule has 1 aromatic carbocycles. The summed E-state index contributed by atoms with van der Waals surface area (Å²) in [6.45, 7) is 7.83. The molecule has 0 spiro atoms. The molecule has 2 heterocycles. The Morgan fingerprint density at radius 3 is 2.50 bits per heavy atom. The van der Waals surface area contributed by atoms with Crippen molar-refractivity contribution in [3.05, 3.63) is 35.7 Å². The van der Waals surface area contributed by atoms with Crippen molar-refractivity contribution in [1.29, 1.82) is 0 Å². The second-order valence-corrected chi connectivity index (χ2v) is 5.19. The van der Waals surface area contributed by atoms with Crippen molar-refractivity contribution in [2.75, 3.05) is 26.3 Å². The fourth-order valence-corrected chi connectivity index (χ4v) is 2.56. The molecule has 5 heteroatoms. The number of hydrogen-bond acceptors (Lipinski definition) is 4. The van der Waals surface area contributed by atoms with Crippen molar-refractivity contribution in [3.8, 4) is 11.4 Å². The SMILES string of the molecule is Cc1nc(-c2ccc([C@@H](C)N3CCOCC3)cc2)n[nH]1. The fourth-order valence-electron chi connectivity index (χ4n) is 2.56. The van der Waals surface area contributed by atoms with E-state index in [9.17, 15) is 0 Å². The molecule has 5 nitrogen and oxygen atoms in total. The molecular formula is C15H20N4O. The van der Waals surface area contributed by atoms with Gasteiger partial charge in [0.15, 0.2) is 5.82 Å². The van der Waals surface area contributed by atoms with E-state index in [1.54, 1.807) is 0 Å². The quantitative estimate of drug-likeness (QED) is 0.930. The molecule has 1 aliphatic heterocycles. The van der Waals surface area contributed by atoms with Crippen molar-refractivity contribution in [2.45, 2.75) is 19.9 Å². The number of aryl methyl sites for hydroxylation is 1. The van der Waals surface area contributed by atoms with Crippen LogP contribution in [0.3, 0.4) is 0 Å². The highest BCUT2D eigenvalue weighted by molar-refractivity contribution is 5.55. The molecular weight excluding hydrogens is 252 g/mol. The second kappa shape index (κ2) is 5.73. The van der Waals surface area contributed by atoms with Crippen molar-refractivity contribution in [2.24, 2.45) is 0 Å². The van der Waals surface area contributed by atoms with Gasteiger partial charge in [0.1, 0.15) is 5.82 Å². The number of benzene rings is 1. The van der Waals surface area contributed by atoms with Crippen LogP contribution in [0.5, 0.6) is 0 Å². The predicted molar refractivity (Wildman–Crippen MR) is 77.4 cm³/mol. The summed E-state index contributed by atoms with van der Waals surface area (Å²) in [7, 11) is 0. The van der Waals surface area contributed by atoms with E-state index >= 15 is 0 Å². The Bertz CT molecular complexity index is 558. The van der Waals surface area contributed by atoms with Crippen molar-refractivity contribution in [1.82, 2.24) is 20.1 Å².